The molecular weight excluding hydrogens is 460 g/mol. The summed E-state index contributed by atoms with van der Waals surface area (Å²) in [5.41, 5.74) is 7.81. The summed E-state index contributed by atoms with van der Waals surface area (Å²) in [7, 11) is 0. The van der Waals surface area contributed by atoms with Gasteiger partial charge in [-0.25, -0.2) is 15.0 Å². The van der Waals surface area contributed by atoms with Gasteiger partial charge in [0, 0.05) is 29.9 Å². The molecule has 0 fully saturated rings. The Balaban J connectivity index is 1.40. The number of carbonyl (C=O) groups excluding carboxylic acids is 1. The van der Waals surface area contributed by atoms with Crippen LogP contribution in [0, 0.1) is 0 Å². The SMILES string of the molecule is CCCC(=O)Nc1cncc(-c2ccc3[nH]nc(-c4nc5c(-c6ccsc6)ccnc5[nH]4)c3n2)c1. The van der Waals surface area contributed by atoms with Crippen LogP contribution in [0.1, 0.15) is 19.8 Å². The number of hydrogen-bond donors (Lipinski definition) is 3. The van der Waals surface area contributed by atoms with Crippen molar-refractivity contribution >= 4 is 45.1 Å². The van der Waals surface area contributed by atoms with Crippen LogP contribution in [0.4, 0.5) is 5.69 Å². The molecule has 0 saturated carbocycles. The first-order valence-electron chi connectivity index (χ1n) is 11.2. The van der Waals surface area contributed by atoms with Gasteiger partial charge in [-0.3, -0.25) is 14.9 Å². The first kappa shape index (κ1) is 21.1. The zero-order valence-corrected chi connectivity index (χ0v) is 19.6. The lowest BCUT2D eigenvalue weighted by Crippen LogP contribution is -2.10. The first-order chi connectivity index (χ1) is 17.2. The van der Waals surface area contributed by atoms with Crippen molar-refractivity contribution in [1.82, 2.24) is 35.1 Å². The van der Waals surface area contributed by atoms with Crippen LogP contribution in [0.25, 0.3) is 56.1 Å². The second-order valence-electron chi connectivity index (χ2n) is 8.08. The second-order valence-corrected chi connectivity index (χ2v) is 8.86. The van der Waals surface area contributed by atoms with E-state index in [9.17, 15) is 4.79 Å². The summed E-state index contributed by atoms with van der Waals surface area (Å²) in [6.07, 6.45) is 6.38. The fourth-order valence-electron chi connectivity index (χ4n) is 4.00. The molecule has 6 aromatic heterocycles. The second kappa shape index (κ2) is 8.73. The van der Waals surface area contributed by atoms with Gasteiger partial charge in [0.1, 0.15) is 11.0 Å². The molecular formula is C25H20N8OS. The summed E-state index contributed by atoms with van der Waals surface area (Å²) >= 11 is 1.64. The Morgan fingerprint density at radius 1 is 1.09 bits per heavy atom. The molecule has 6 aromatic rings. The summed E-state index contributed by atoms with van der Waals surface area (Å²) in [4.78, 5) is 33.7. The number of anilines is 1. The normalized spacial score (nSPS) is 11.3. The number of nitrogens with zero attached hydrogens (tertiary/aromatic N) is 5. The number of carbonyl (C=O) groups is 1. The van der Waals surface area contributed by atoms with Crippen LogP contribution in [0.5, 0.6) is 0 Å². The molecule has 0 bridgehead atoms. The number of amides is 1. The van der Waals surface area contributed by atoms with Gasteiger partial charge >= 0.3 is 0 Å². The van der Waals surface area contributed by atoms with Gasteiger partial charge in [-0.1, -0.05) is 6.92 Å². The van der Waals surface area contributed by atoms with Gasteiger partial charge in [-0.15, -0.1) is 0 Å². The molecule has 0 aliphatic rings. The number of nitrogens with one attached hydrogen (secondary N) is 3. The Morgan fingerprint density at radius 3 is 2.89 bits per heavy atom. The number of pyridine rings is 3. The van der Waals surface area contributed by atoms with E-state index >= 15 is 0 Å². The molecule has 0 aliphatic heterocycles. The van der Waals surface area contributed by atoms with Crippen molar-refractivity contribution in [2.45, 2.75) is 19.8 Å². The van der Waals surface area contributed by atoms with Crippen LogP contribution in [-0.2, 0) is 4.79 Å². The van der Waals surface area contributed by atoms with Gasteiger partial charge in [-0.05, 0) is 53.1 Å². The van der Waals surface area contributed by atoms with Crippen LogP contribution in [0.15, 0.2) is 59.7 Å². The Kier molecular flexibility index (Phi) is 5.27. The molecule has 0 atom stereocenters. The van der Waals surface area contributed by atoms with E-state index in [2.05, 4.69) is 41.9 Å². The Bertz CT molecular complexity index is 1670. The molecule has 172 valence electrons. The van der Waals surface area contributed by atoms with Gasteiger partial charge in [0.2, 0.25) is 5.91 Å². The Morgan fingerprint density at radius 2 is 2.03 bits per heavy atom. The van der Waals surface area contributed by atoms with Crippen LogP contribution in [0.2, 0.25) is 0 Å². The number of H-pyrrole nitrogens is 2. The van der Waals surface area contributed by atoms with Gasteiger partial charge in [-0.2, -0.15) is 16.4 Å². The molecule has 0 spiro atoms. The van der Waals surface area contributed by atoms with Crippen molar-refractivity contribution < 1.29 is 4.79 Å². The van der Waals surface area contributed by atoms with Crippen molar-refractivity contribution in [1.29, 1.82) is 0 Å². The molecule has 10 heteroatoms. The number of aromatic amines is 2. The lowest BCUT2D eigenvalue weighted by atomic mass is 10.1. The molecule has 0 saturated heterocycles. The first-order valence-corrected chi connectivity index (χ1v) is 12.1. The summed E-state index contributed by atoms with van der Waals surface area (Å²) < 4.78 is 0. The van der Waals surface area contributed by atoms with Gasteiger partial charge < -0.3 is 10.3 Å². The van der Waals surface area contributed by atoms with Crippen molar-refractivity contribution in [2.24, 2.45) is 0 Å². The third kappa shape index (κ3) is 3.93. The maximum Gasteiger partial charge on any atom is 0.224 e. The average Bonchev–Trinajstić information content (AvgIpc) is 3.63. The van der Waals surface area contributed by atoms with E-state index in [1.165, 1.54) is 0 Å². The fourth-order valence-corrected chi connectivity index (χ4v) is 4.65. The van der Waals surface area contributed by atoms with E-state index in [0.29, 0.717) is 40.5 Å². The van der Waals surface area contributed by atoms with E-state index in [0.717, 1.165) is 34.1 Å². The molecule has 3 N–H and O–H groups in total. The Hall–Kier alpha value is -4.44. The van der Waals surface area contributed by atoms with Crippen LogP contribution >= 0.6 is 11.3 Å². The minimum Gasteiger partial charge on any atom is -0.325 e. The highest BCUT2D eigenvalue weighted by Crippen LogP contribution is 2.32. The van der Waals surface area contributed by atoms with E-state index in [1.807, 2.05) is 36.6 Å². The monoisotopic (exact) mass is 480 g/mol. The molecule has 0 aromatic carbocycles. The summed E-state index contributed by atoms with van der Waals surface area (Å²) in [5.74, 6) is 0.553. The maximum atomic E-state index is 12.0. The van der Waals surface area contributed by atoms with Crippen LogP contribution < -0.4 is 5.32 Å². The number of imidazole rings is 1. The number of thiophene rings is 1. The lowest BCUT2D eigenvalue weighted by molar-refractivity contribution is -0.116. The highest BCUT2D eigenvalue weighted by Gasteiger charge is 2.17. The molecule has 6 rings (SSSR count). The largest absolute Gasteiger partial charge is 0.325 e. The van der Waals surface area contributed by atoms with E-state index in [4.69, 9.17) is 9.97 Å². The quantitative estimate of drug-likeness (QED) is 0.292. The van der Waals surface area contributed by atoms with E-state index < -0.39 is 0 Å². The minimum absolute atomic E-state index is 0.0349. The predicted octanol–water partition coefficient (Wildman–Crippen LogP) is 5.43. The molecule has 0 unspecified atom stereocenters. The predicted molar refractivity (Wildman–Crippen MR) is 137 cm³/mol. The van der Waals surface area contributed by atoms with Crippen molar-refractivity contribution in [3.05, 3.63) is 59.7 Å². The van der Waals surface area contributed by atoms with Crippen molar-refractivity contribution in [2.75, 3.05) is 5.32 Å². The molecule has 35 heavy (non-hydrogen) atoms. The zero-order valence-electron chi connectivity index (χ0n) is 18.7. The highest BCUT2D eigenvalue weighted by atomic mass is 32.1. The summed E-state index contributed by atoms with van der Waals surface area (Å²) in [6, 6.07) is 9.72. The van der Waals surface area contributed by atoms with Gasteiger partial charge in [0.05, 0.1) is 23.1 Å². The van der Waals surface area contributed by atoms with E-state index in [-0.39, 0.29) is 5.91 Å². The molecule has 0 radical (unpaired) electrons. The smallest absolute Gasteiger partial charge is 0.224 e. The van der Waals surface area contributed by atoms with E-state index in [1.54, 1.807) is 29.9 Å². The van der Waals surface area contributed by atoms with Crippen molar-refractivity contribution in [3.63, 3.8) is 0 Å². The Labute approximate surface area is 203 Å². The fraction of sp³-hybridized carbons (Fsp3) is 0.120. The molecule has 6 heterocycles. The molecule has 1 amide bonds. The van der Waals surface area contributed by atoms with Crippen LogP contribution in [-0.4, -0.2) is 41.0 Å². The van der Waals surface area contributed by atoms with Crippen LogP contribution in [0.3, 0.4) is 0 Å². The number of fused-ring (bicyclic) bond motifs is 2. The lowest BCUT2D eigenvalue weighted by Gasteiger charge is -2.06. The number of hydrogen-bond acceptors (Lipinski definition) is 7. The minimum atomic E-state index is -0.0349. The average molecular weight is 481 g/mol. The topological polar surface area (TPSA) is 125 Å². The van der Waals surface area contributed by atoms with Gasteiger partial charge in [0.15, 0.2) is 17.2 Å². The third-order valence-electron chi connectivity index (χ3n) is 5.64. The maximum absolute atomic E-state index is 12.0. The highest BCUT2D eigenvalue weighted by molar-refractivity contribution is 7.08. The standard InChI is InChI=1S/C25H20N8OS/c1-2-3-20(34)28-16-10-15(11-26-12-16)18-4-5-19-22(29-18)23(33-32-19)25-30-21-17(14-7-9-35-13-14)6-8-27-24(21)31-25/h4-13H,2-3H2,1H3,(H,28,34)(H,32,33)(H,27,30,31). The summed E-state index contributed by atoms with van der Waals surface area (Å²) in [6.45, 7) is 1.97. The third-order valence-corrected chi connectivity index (χ3v) is 6.33. The summed E-state index contributed by atoms with van der Waals surface area (Å²) in [5, 5.41) is 14.5. The number of aromatic nitrogens is 7. The van der Waals surface area contributed by atoms with Gasteiger partial charge in [0.25, 0.3) is 0 Å². The number of rotatable bonds is 6. The van der Waals surface area contributed by atoms with Crippen molar-refractivity contribution in [3.8, 4) is 33.9 Å². The zero-order chi connectivity index (χ0) is 23.8. The molecule has 0 aliphatic carbocycles. The molecule has 9 nitrogen and oxygen atoms in total.